The van der Waals surface area contributed by atoms with Crippen LogP contribution in [0, 0.1) is 10.8 Å². The summed E-state index contributed by atoms with van der Waals surface area (Å²) in [7, 11) is 0. The van der Waals surface area contributed by atoms with Crippen molar-refractivity contribution >= 4 is 23.5 Å². The van der Waals surface area contributed by atoms with E-state index in [9.17, 15) is 0 Å². The van der Waals surface area contributed by atoms with Crippen LogP contribution in [0.2, 0.25) is 0 Å². The molecule has 2 aliphatic carbocycles. The van der Waals surface area contributed by atoms with E-state index in [1.807, 2.05) is 6.07 Å². The van der Waals surface area contributed by atoms with E-state index in [0.29, 0.717) is 5.41 Å². The van der Waals surface area contributed by atoms with Crippen LogP contribution in [0.1, 0.15) is 49.1 Å². The Morgan fingerprint density at radius 3 is 2.72 bits per heavy atom. The van der Waals surface area contributed by atoms with E-state index in [4.69, 9.17) is 5.41 Å². The van der Waals surface area contributed by atoms with Crippen LogP contribution in [0.3, 0.4) is 0 Å². The molecule has 2 saturated carbocycles. The van der Waals surface area contributed by atoms with Gasteiger partial charge in [-0.3, -0.25) is 0 Å². The van der Waals surface area contributed by atoms with Crippen LogP contribution in [0.25, 0.3) is 0 Å². The Morgan fingerprint density at radius 2 is 2.00 bits per heavy atom. The average molecular weight is 333 g/mol. The summed E-state index contributed by atoms with van der Waals surface area (Å²) in [5.74, 6) is 2.51. The first-order valence-electron chi connectivity index (χ1n) is 9.26. The van der Waals surface area contributed by atoms with Crippen molar-refractivity contribution in [1.82, 2.24) is 9.97 Å². The van der Waals surface area contributed by atoms with Crippen molar-refractivity contribution in [3.63, 3.8) is 0 Å². The number of hydrogen-bond donors (Lipinski definition) is 2. The molecule has 5 rings (SSSR count). The second kappa shape index (κ2) is 5.55. The normalized spacial score (nSPS) is 22.9. The summed E-state index contributed by atoms with van der Waals surface area (Å²) in [6.45, 7) is 2.14. The molecule has 2 N–H and O–H groups in total. The van der Waals surface area contributed by atoms with Crippen molar-refractivity contribution in [1.29, 1.82) is 5.41 Å². The van der Waals surface area contributed by atoms with E-state index in [1.165, 1.54) is 43.9 Å². The number of nitrogens with one attached hydrogen (secondary N) is 2. The fourth-order valence-corrected chi connectivity index (χ4v) is 4.23. The Labute approximate surface area is 148 Å². The molecule has 0 radical (unpaired) electrons. The van der Waals surface area contributed by atoms with Gasteiger partial charge in [0.1, 0.15) is 18.0 Å². The van der Waals surface area contributed by atoms with Crippen LogP contribution in [0.15, 0.2) is 30.6 Å². The maximum Gasteiger partial charge on any atom is 0.135 e. The third kappa shape index (κ3) is 2.68. The van der Waals surface area contributed by atoms with Crippen molar-refractivity contribution in [3.8, 4) is 0 Å². The molecular weight excluding hydrogens is 310 g/mol. The maximum atomic E-state index is 7.71. The number of rotatable bonds is 5. The van der Waals surface area contributed by atoms with Gasteiger partial charge < -0.3 is 15.6 Å². The van der Waals surface area contributed by atoms with Gasteiger partial charge in [0.05, 0.1) is 0 Å². The van der Waals surface area contributed by atoms with Crippen molar-refractivity contribution in [2.45, 2.75) is 38.0 Å². The van der Waals surface area contributed by atoms with Crippen LogP contribution >= 0.6 is 0 Å². The van der Waals surface area contributed by atoms with Gasteiger partial charge in [-0.15, -0.1) is 0 Å². The van der Waals surface area contributed by atoms with Gasteiger partial charge in [0.15, 0.2) is 0 Å². The quantitative estimate of drug-likeness (QED) is 0.809. The lowest BCUT2D eigenvalue weighted by Gasteiger charge is -2.17. The number of aromatic nitrogens is 2. The molecule has 3 aliphatic rings. The van der Waals surface area contributed by atoms with Crippen LogP contribution in [0.4, 0.5) is 17.3 Å². The molecule has 1 atom stereocenters. The predicted octanol–water partition coefficient (Wildman–Crippen LogP) is 4.09. The molecule has 2 aromatic rings. The van der Waals surface area contributed by atoms with Crippen LogP contribution in [-0.4, -0.2) is 29.3 Å². The van der Waals surface area contributed by atoms with Crippen molar-refractivity contribution in [2.75, 3.05) is 23.3 Å². The highest BCUT2D eigenvalue weighted by Gasteiger charge is 2.62. The molecule has 3 fully saturated rings. The summed E-state index contributed by atoms with van der Waals surface area (Å²) in [4.78, 5) is 11.1. The molecular formula is C20H23N5. The van der Waals surface area contributed by atoms with Gasteiger partial charge in [0.2, 0.25) is 0 Å². The van der Waals surface area contributed by atoms with Crippen LogP contribution < -0.4 is 10.2 Å². The van der Waals surface area contributed by atoms with Gasteiger partial charge in [-0.05, 0) is 55.1 Å². The molecule has 1 aliphatic heterocycles. The fourth-order valence-electron chi connectivity index (χ4n) is 4.23. The van der Waals surface area contributed by atoms with Crippen molar-refractivity contribution < 1.29 is 0 Å². The minimum atomic E-state index is 0.640. The highest BCUT2D eigenvalue weighted by atomic mass is 15.2. The van der Waals surface area contributed by atoms with Crippen LogP contribution in [0.5, 0.6) is 0 Å². The largest absolute Gasteiger partial charge is 0.356 e. The predicted molar refractivity (Wildman–Crippen MR) is 100 cm³/mol. The summed E-state index contributed by atoms with van der Waals surface area (Å²) >= 11 is 0. The minimum Gasteiger partial charge on any atom is -0.356 e. The molecule has 2 heterocycles. The Morgan fingerprint density at radius 1 is 1.16 bits per heavy atom. The molecule has 5 heteroatoms. The SMILES string of the molecule is N=Cc1ccc(C2CC23CC3)cc1Nc1cc(N2CCCC2)ncn1. The molecule has 1 spiro atoms. The van der Waals surface area contributed by atoms with E-state index in [2.05, 4.69) is 38.4 Å². The molecule has 1 unspecified atom stereocenters. The lowest BCUT2D eigenvalue weighted by atomic mass is 10.0. The van der Waals surface area contributed by atoms with Crippen LogP contribution in [-0.2, 0) is 0 Å². The first kappa shape index (κ1) is 14.9. The molecule has 0 bridgehead atoms. The van der Waals surface area contributed by atoms with Gasteiger partial charge in [-0.25, -0.2) is 9.97 Å². The fraction of sp³-hybridized carbons (Fsp3) is 0.450. The number of hydrogen-bond acceptors (Lipinski definition) is 5. The maximum absolute atomic E-state index is 7.71. The highest BCUT2D eigenvalue weighted by molar-refractivity contribution is 5.87. The van der Waals surface area contributed by atoms with E-state index < -0.39 is 0 Å². The zero-order valence-corrected chi connectivity index (χ0v) is 14.3. The van der Waals surface area contributed by atoms with Crippen molar-refractivity contribution in [2.24, 2.45) is 5.41 Å². The monoisotopic (exact) mass is 333 g/mol. The summed E-state index contributed by atoms with van der Waals surface area (Å²) in [6.07, 6.45) is 9.61. The van der Waals surface area contributed by atoms with Crippen molar-refractivity contribution in [3.05, 3.63) is 41.7 Å². The summed E-state index contributed by atoms with van der Waals surface area (Å²) in [5, 5.41) is 11.1. The molecule has 1 aromatic carbocycles. The first-order valence-corrected chi connectivity index (χ1v) is 9.26. The van der Waals surface area contributed by atoms with E-state index in [1.54, 1.807) is 6.33 Å². The Balaban J connectivity index is 1.42. The Hall–Kier alpha value is -2.43. The molecule has 1 saturated heterocycles. The third-order valence-electron chi connectivity index (χ3n) is 6.06. The van der Waals surface area contributed by atoms with Gasteiger partial charge >= 0.3 is 0 Å². The average Bonchev–Trinajstić information content (AvgIpc) is 3.51. The van der Waals surface area contributed by atoms with Gasteiger partial charge in [0, 0.05) is 36.6 Å². The second-order valence-electron chi connectivity index (χ2n) is 7.69. The Kier molecular flexibility index (Phi) is 3.30. The molecule has 5 nitrogen and oxygen atoms in total. The topological polar surface area (TPSA) is 64.9 Å². The lowest BCUT2D eigenvalue weighted by molar-refractivity contribution is 0.840. The molecule has 0 amide bonds. The van der Waals surface area contributed by atoms with Gasteiger partial charge in [-0.2, -0.15) is 0 Å². The molecule has 25 heavy (non-hydrogen) atoms. The number of anilines is 3. The zero-order chi connectivity index (χ0) is 16.9. The van der Waals surface area contributed by atoms with Gasteiger partial charge in [0.25, 0.3) is 0 Å². The standard InChI is InChI=1S/C20H23N5/c21-12-15-4-3-14(16-11-20(16)5-6-20)9-17(15)24-18-10-19(23-13-22-18)25-7-1-2-8-25/h3-4,9-10,12-13,16,21H,1-2,5-8,11H2,(H,22,23,24). The second-order valence-corrected chi connectivity index (χ2v) is 7.69. The smallest absolute Gasteiger partial charge is 0.135 e. The summed E-state index contributed by atoms with van der Waals surface area (Å²) < 4.78 is 0. The van der Waals surface area contributed by atoms with Gasteiger partial charge in [-0.1, -0.05) is 12.1 Å². The number of nitrogens with zero attached hydrogens (tertiary/aromatic N) is 3. The molecule has 128 valence electrons. The number of benzene rings is 1. The highest BCUT2D eigenvalue weighted by Crippen LogP contribution is 2.75. The van der Waals surface area contributed by atoms with E-state index in [0.717, 1.165) is 41.9 Å². The molecule has 1 aromatic heterocycles. The van der Waals surface area contributed by atoms with E-state index in [-0.39, 0.29) is 0 Å². The lowest BCUT2D eigenvalue weighted by Crippen LogP contribution is -2.19. The minimum absolute atomic E-state index is 0.640. The summed E-state index contributed by atoms with van der Waals surface area (Å²) in [6, 6.07) is 8.49. The third-order valence-corrected chi connectivity index (χ3v) is 6.06. The Bertz CT molecular complexity index is 821. The summed E-state index contributed by atoms with van der Waals surface area (Å²) in [5.41, 5.74) is 3.91. The zero-order valence-electron chi connectivity index (χ0n) is 14.3. The van der Waals surface area contributed by atoms with E-state index >= 15 is 0 Å². The first-order chi connectivity index (χ1) is 12.3.